The molecule has 0 atom stereocenters. The Balaban J connectivity index is 0. The van der Waals surface area contributed by atoms with Gasteiger partial charge in [-0.25, -0.2) is 0 Å². The van der Waals surface area contributed by atoms with Crippen molar-refractivity contribution in [1.82, 2.24) is 0 Å². The van der Waals surface area contributed by atoms with Crippen LogP contribution >= 0.6 is 0 Å². The average Bonchev–Trinajstić information content (AvgIpc) is 1.86. The second kappa shape index (κ2) is 6.23. The van der Waals surface area contributed by atoms with Gasteiger partial charge in [0.2, 0.25) is 0 Å². The molecule has 0 saturated carbocycles. The molecule has 0 amide bonds. The highest BCUT2D eigenvalue weighted by Gasteiger charge is 2.13. The molecule has 0 bridgehead atoms. The van der Waals surface area contributed by atoms with Crippen molar-refractivity contribution >= 4 is 0 Å². The van der Waals surface area contributed by atoms with Gasteiger partial charge in [-0.05, 0) is 19.5 Å². The first kappa shape index (κ1) is 13.1. The van der Waals surface area contributed by atoms with Gasteiger partial charge >= 0.3 is 0 Å². The molecule has 3 N–H and O–H groups in total. The van der Waals surface area contributed by atoms with E-state index in [0.717, 1.165) is 6.54 Å². The number of rotatable bonds is 0. The van der Waals surface area contributed by atoms with Crippen LogP contribution in [0.4, 0.5) is 0 Å². The Labute approximate surface area is 70.1 Å². The molecule has 0 radical (unpaired) electrons. The zero-order valence-electron chi connectivity index (χ0n) is 8.31. The van der Waals surface area contributed by atoms with Gasteiger partial charge < -0.3 is 10.8 Å². The number of hydrogen-bond donors (Lipinski definition) is 2. The van der Waals surface area contributed by atoms with E-state index in [1.165, 1.54) is 0 Å². The summed E-state index contributed by atoms with van der Waals surface area (Å²) in [5.41, 5.74) is 4.77. The molecule has 0 spiro atoms. The zero-order chi connectivity index (χ0) is 9.49. The van der Waals surface area contributed by atoms with Gasteiger partial charge in [-0.2, -0.15) is 0 Å². The molecule has 0 aliphatic heterocycles. The smallest absolute Gasteiger partial charge is 0.0933 e. The summed E-state index contributed by atoms with van der Waals surface area (Å²) < 4.78 is 0. The second-order valence-electron chi connectivity index (χ2n) is 3.33. The van der Waals surface area contributed by atoms with Crippen LogP contribution in [0.3, 0.4) is 0 Å². The van der Waals surface area contributed by atoms with Gasteiger partial charge in [-0.15, -0.1) is 0 Å². The molecule has 0 rings (SSSR count). The van der Waals surface area contributed by atoms with Crippen LogP contribution in [0, 0.1) is 5.41 Å². The van der Waals surface area contributed by atoms with E-state index < -0.39 is 0 Å². The van der Waals surface area contributed by atoms with Crippen molar-refractivity contribution in [3.63, 3.8) is 0 Å². The maximum Gasteiger partial charge on any atom is 0.0933 e. The minimum Gasteiger partial charge on any atom is -0.512 e. The van der Waals surface area contributed by atoms with Crippen molar-refractivity contribution in [3.8, 4) is 0 Å². The quantitative estimate of drug-likeness (QED) is 0.533. The van der Waals surface area contributed by atoms with Crippen molar-refractivity contribution < 1.29 is 5.11 Å². The van der Waals surface area contributed by atoms with E-state index in [-0.39, 0.29) is 5.41 Å². The molecule has 2 nitrogen and oxygen atoms in total. The molecule has 0 fully saturated rings. The lowest BCUT2D eigenvalue weighted by Crippen LogP contribution is -2.07. The highest BCUT2D eigenvalue weighted by atomic mass is 16.3. The predicted octanol–water partition coefficient (Wildman–Crippen LogP) is 2.46. The number of aliphatic hydroxyl groups excluding tert-OH is 1. The van der Waals surface area contributed by atoms with Gasteiger partial charge in [0.25, 0.3) is 0 Å². The topological polar surface area (TPSA) is 46.2 Å². The Morgan fingerprint density at radius 1 is 1.45 bits per heavy atom. The molecule has 2 heteroatoms. The van der Waals surface area contributed by atoms with Crippen LogP contribution in [0.5, 0.6) is 0 Å². The standard InChI is InChI=1S/C7H14O.C2H7N/c1-5-6(8)7(2,3)4;1-2-3/h5,8H,1-4H3;2-3H2,1H3/b6-5-;. The summed E-state index contributed by atoms with van der Waals surface area (Å²) in [7, 11) is 0. The summed E-state index contributed by atoms with van der Waals surface area (Å²) in [5, 5.41) is 9.06. The van der Waals surface area contributed by atoms with E-state index in [9.17, 15) is 0 Å². The van der Waals surface area contributed by atoms with E-state index in [1.807, 2.05) is 34.6 Å². The first-order chi connectivity index (χ1) is 4.90. The number of allylic oxidation sites excluding steroid dienone is 2. The minimum atomic E-state index is -0.0747. The normalized spacial score (nSPS) is 12.0. The van der Waals surface area contributed by atoms with Crippen molar-refractivity contribution in [1.29, 1.82) is 0 Å². The Hall–Kier alpha value is -0.500. The van der Waals surface area contributed by atoms with Crippen LogP contribution in [0.15, 0.2) is 11.8 Å². The molecular weight excluding hydrogens is 138 g/mol. The van der Waals surface area contributed by atoms with Crippen molar-refractivity contribution in [2.45, 2.75) is 34.6 Å². The van der Waals surface area contributed by atoms with Crippen LogP contribution in [0.1, 0.15) is 34.6 Å². The Morgan fingerprint density at radius 2 is 1.73 bits per heavy atom. The highest BCUT2D eigenvalue weighted by molar-refractivity contribution is 4.98. The molecule has 0 saturated heterocycles. The SMILES string of the molecule is C/C=C(\O)C(C)(C)C.CCN. The van der Waals surface area contributed by atoms with E-state index in [1.54, 1.807) is 6.08 Å². The Bertz CT molecular complexity index is 111. The fraction of sp³-hybridized carbons (Fsp3) is 0.778. The first-order valence-corrected chi connectivity index (χ1v) is 3.95. The van der Waals surface area contributed by atoms with Gasteiger partial charge in [0.15, 0.2) is 0 Å². The van der Waals surface area contributed by atoms with E-state index in [0.29, 0.717) is 5.76 Å². The summed E-state index contributed by atoms with van der Waals surface area (Å²) in [6.07, 6.45) is 1.72. The summed E-state index contributed by atoms with van der Waals surface area (Å²) in [5.74, 6) is 0.456. The van der Waals surface area contributed by atoms with Gasteiger partial charge in [0.05, 0.1) is 5.76 Å². The van der Waals surface area contributed by atoms with Crippen LogP contribution < -0.4 is 5.73 Å². The molecule has 0 aliphatic rings. The van der Waals surface area contributed by atoms with E-state index in [4.69, 9.17) is 10.8 Å². The van der Waals surface area contributed by atoms with Crippen molar-refractivity contribution in [2.24, 2.45) is 11.1 Å². The number of nitrogens with two attached hydrogens (primary N) is 1. The third kappa shape index (κ3) is 9.50. The number of aliphatic hydroxyl groups is 1. The van der Waals surface area contributed by atoms with Crippen molar-refractivity contribution in [2.75, 3.05) is 6.54 Å². The maximum atomic E-state index is 9.06. The summed E-state index contributed by atoms with van der Waals surface area (Å²) in [6, 6.07) is 0. The molecule has 11 heavy (non-hydrogen) atoms. The van der Waals surface area contributed by atoms with Crippen LogP contribution in [0.25, 0.3) is 0 Å². The van der Waals surface area contributed by atoms with Gasteiger partial charge in [-0.1, -0.05) is 27.7 Å². The largest absolute Gasteiger partial charge is 0.512 e. The molecule has 68 valence electrons. The van der Waals surface area contributed by atoms with E-state index >= 15 is 0 Å². The molecule has 0 aromatic heterocycles. The lowest BCUT2D eigenvalue weighted by molar-refractivity contribution is 0.276. The van der Waals surface area contributed by atoms with Crippen molar-refractivity contribution in [3.05, 3.63) is 11.8 Å². The van der Waals surface area contributed by atoms with E-state index in [2.05, 4.69) is 0 Å². The maximum absolute atomic E-state index is 9.06. The highest BCUT2D eigenvalue weighted by Crippen LogP contribution is 2.21. The summed E-state index contributed by atoms with van der Waals surface area (Å²) in [4.78, 5) is 0. The lowest BCUT2D eigenvalue weighted by atomic mass is 9.94. The number of hydrogen-bond acceptors (Lipinski definition) is 2. The predicted molar refractivity (Wildman–Crippen MR) is 50.6 cm³/mol. The fourth-order valence-electron chi connectivity index (χ4n) is 0.433. The monoisotopic (exact) mass is 159 g/mol. The third-order valence-electron chi connectivity index (χ3n) is 1.04. The molecule has 0 unspecified atom stereocenters. The van der Waals surface area contributed by atoms with Gasteiger partial charge in [-0.3, -0.25) is 0 Å². The average molecular weight is 159 g/mol. The van der Waals surface area contributed by atoms with Gasteiger partial charge in [0, 0.05) is 5.41 Å². The van der Waals surface area contributed by atoms with Crippen LogP contribution in [-0.4, -0.2) is 11.7 Å². The summed E-state index contributed by atoms with van der Waals surface area (Å²) in [6.45, 7) is 10.4. The molecular formula is C9H21NO. The van der Waals surface area contributed by atoms with Crippen LogP contribution in [0.2, 0.25) is 0 Å². The minimum absolute atomic E-state index is 0.0747. The van der Waals surface area contributed by atoms with Gasteiger partial charge in [0.1, 0.15) is 0 Å². The first-order valence-electron chi connectivity index (χ1n) is 3.95. The molecule has 0 heterocycles. The molecule has 0 aliphatic carbocycles. The Kier molecular flexibility index (Phi) is 7.42. The molecule has 0 aromatic rings. The lowest BCUT2D eigenvalue weighted by Gasteiger charge is -2.16. The van der Waals surface area contributed by atoms with Crippen LogP contribution in [-0.2, 0) is 0 Å². The second-order valence-corrected chi connectivity index (χ2v) is 3.33. The fourth-order valence-corrected chi connectivity index (χ4v) is 0.433. The Morgan fingerprint density at radius 3 is 1.73 bits per heavy atom. The zero-order valence-corrected chi connectivity index (χ0v) is 8.31. The molecule has 0 aromatic carbocycles. The summed E-state index contributed by atoms with van der Waals surface area (Å²) >= 11 is 0. The third-order valence-corrected chi connectivity index (χ3v) is 1.04.